The molecule has 0 nitrogen and oxygen atoms in total. The third kappa shape index (κ3) is 1.44. The maximum absolute atomic E-state index is 2.36. The van der Waals surface area contributed by atoms with Gasteiger partial charge in [-0.25, -0.2) is 0 Å². The van der Waals surface area contributed by atoms with Gasteiger partial charge >= 0.3 is 0 Å². The summed E-state index contributed by atoms with van der Waals surface area (Å²) >= 11 is 1.89. The van der Waals surface area contributed by atoms with Gasteiger partial charge in [0.2, 0.25) is 0 Å². The van der Waals surface area contributed by atoms with Gasteiger partial charge in [-0.3, -0.25) is 0 Å². The molecule has 0 N–H and O–H groups in total. The summed E-state index contributed by atoms with van der Waals surface area (Å²) in [6.45, 7) is 0. The largest absolute Gasteiger partial charge is 0.135 e. The molecule has 1 heterocycles. The molecule has 1 heteroatoms. The van der Waals surface area contributed by atoms with Crippen molar-refractivity contribution in [3.63, 3.8) is 0 Å². The van der Waals surface area contributed by atoms with Gasteiger partial charge in [0.25, 0.3) is 0 Å². The number of benzene rings is 2. The average Bonchev–Trinajstić information content (AvgIpc) is 2.59. The summed E-state index contributed by atoms with van der Waals surface area (Å²) in [6.07, 6.45) is 9.73. The van der Waals surface area contributed by atoms with E-state index in [4.69, 9.17) is 0 Å². The van der Waals surface area contributed by atoms with Gasteiger partial charge in [-0.2, -0.15) is 0 Å². The monoisotopic (exact) mass is 248 g/mol. The topological polar surface area (TPSA) is 0 Å². The van der Waals surface area contributed by atoms with Crippen molar-refractivity contribution in [2.24, 2.45) is 0 Å². The summed E-state index contributed by atoms with van der Waals surface area (Å²) in [5.74, 6) is 0. The molecule has 0 fully saturated rings. The first-order valence-electron chi connectivity index (χ1n) is 6.19. The molecule has 18 heavy (non-hydrogen) atoms. The first kappa shape index (κ1) is 10.1. The number of allylic oxidation sites excluding steroid dienone is 3. The highest BCUT2D eigenvalue weighted by atomic mass is 32.1. The first-order valence-corrected chi connectivity index (χ1v) is 7.01. The van der Waals surface area contributed by atoms with E-state index in [2.05, 4.69) is 60.7 Å². The van der Waals surface area contributed by atoms with Crippen LogP contribution in [0, 0.1) is 0 Å². The molecule has 2 aromatic carbocycles. The third-order valence-electron chi connectivity index (χ3n) is 3.50. The molecule has 1 aliphatic carbocycles. The highest BCUT2D eigenvalue weighted by Crippen LogP contribution is 2.36. The van der Waals surface area contributed by atoms with E-state index < -0.39 is 0 Å². The van der Waals surface area contributed by atoms with Gasteiger partial charge in [0.1, 0.15) is 0 Å². The van der Waals surface area contributed by atoms with Crippen LogP contribution in [0.2, 0.25) is 0 Å². The molecule has 1 aromatic heterocycles. The smallest absolute Gasteiger partial charge is 0.0361 e. The second kappa shape index (κ2) is 3.82. The van der Waals surface area contributed by atoms with E-state index in [1.807, 2.05) is 11.3 Å². The fraction of sp³-hybridized carbons (Fsp3) is 0.0588. The van der Waals surface area contributed by atoms with Crippen LogP contribution in [0.4, 0.5) is 0 Å². The highest BCUT2D eigenvalue weighted by Gasteiger charge is 2.08. The van der Waals surface area contributed by atoms with Gasteiger partial charge in [0, 0.05) is 20.2 Å². The van der Waals surface area contributed by atoms with Gasteiger partial charge < -0.3 is 0 Å². The number of rotatable bonds is 0. The molecule has 3 aromatic rings. The Labute approximate surface area is 110 Å². The van der Waals surface area contributed by atoms with E-state index >= 15 is 0 Å². The van der Waals surface area contributed by atoms with Gasteiger partial charge in [-0.15, -0.1) is 11.3 Å². The van der Waals surface area contributed by atoms with Crippen LogP contribution in [0.5, 0.6) is 0 Å². The van der Waals surface area contributed by atoms with Gasteiger partial charge in [-0.1, -0.05) is 42.5 Å². The molecule has 0 saturated carbocycles. The lowest BCUT2D eigenvalue weighted by Gasteiger charge is -2.03. The summed E-state index contributed by atoms with van der Waals surface area (Å²) < 4.78 is 2.77. The lowest BCUT2D eigenvalue weighted by molar-refractivity contribution is 1.28. The zero-order valence-corrected chi connectivity index (χ0v) is 10.7. The van der Waals surface area contributed by atoms with Crippen LogP contribution in [0.15, 0.2) is 54.6 Å². The molecule has 0 amide bonds. The van der Waals surface area contributed by atoms with Crippen LogP contribution < -0.4 is 0 Å². The van der Waals surface area contributed by atoms with Crippen molar-refractivity contribution < 1.29 is 0 Å². The van der Waals surface area contributed by atoms with Gasteiger partial charge in [0.05, 0.1) is 0 Å². The third-order valence-corrected chi connectivity index (χ3v) is 4.63. The molecular formula is C17H12S. The predicted molar refractivity (Wildman–Crippen MR) is 81.2 cm³/mol. The van der Waals surface area contributed by atoms with Gasteiger partial charge in [-0.05, 0) is 35.7 Å². The van der Waals surface area contributed by atoms with Gasteiger partial charge in [0.15, 0.2) is 0 Å². The Morgan fingerprint density at radius 3 is 2.83 bits per heavy atom. The average molecular weight is 248 g/mol. The van der Waals surface area contributed by atoms with Crippen molar-refractivity contribution in [2.75, 3.05) is 0 Å². The van der Waals surface area contributed by atoms with E-state index in [-0.39, 0.29) is 0 Å². The van der Waals surface area contributed by atoms with Crippen LogP contribution in [-0.4, -0.2) is 0 Å². The first-order chi connectivity index (χ1) is 8.92. The molecule has 4 rings (SSSR count). The Hall–Kier alpha value is -1.86. The summed E-state index contributed by atoms with van der Waals surface area (Å²) in [5, 5.41) is 2.79. The minimum Gasteiger partial charge on any atom is -0.135 e. The Morgan fingerprint density at radius 1 is 0.889 bits per heavy atom. The molecule has 0 aliphatic heterocycles. The maximum Gasteiger partial charge on any atom is 0.0361 e. The zero-order chi connectivity index (χ0) is 11.9. The normalized spacial score (nSPS) is 14.0. The number of thiophene rings is 1. The molecule has 0 radical (unpaired) electrons. The van der Waals surface area contributed by atoms with Crippen LogP contribution in [0.3, 0.4) is 0 Å². The van der Waals surface area contributed by atoms with E-state index in [0.717, 1.165) is 6.42 Å². The van der Waals surface area contributed by atoms with Crippen molar-refractivity contribution in [2.45, 2.75) is 6.42 Å². The summed E-state index contributed by atoms with van der Waals surface area (Å²) in [6, 6.07) is 13.4. The lowest BCUT2D eigenvalue weighted by atomic mass is 10.0. The van der Waals surface area contributed by atoms with Crippen LogP contribution in [0.1, 0.15) is 11.1 Å². The minimum absolute atomic E-state index is 1.03. The highest BCUT2D eigenvalue weighted by molar-refractivity contribution is 7.25. The summed E-state index contributed by atoms with van der Waals surface area (Å²) in [7, 11) is 0. The molecule has 0 unspecified atom stereocenters. The van der Waals surface area contributed by atoms with Crippen molar-refractivity contribution in [1.82, 2.24) is 0 Å². The molecule has 0 saturated heterocycles. The van der Waals surface area contributed by atoms with E-state index in [0.29, 0.717) is 0 Å². The molecular weight excluding hydrogens is 236 g/mol. The molecule has 0 bridgehead atoms. The standard InChI is InChI=1S/C17H12S/c1-2-6-12-10-15-14-8-4-5-9-16(14)18-17(15)11-13(12)7-3-1/h1-5,7-11H,6H2. The summed E-state index contributed by atoms with van der Waals surface area (Å²) in [5.41, 5.74) is 2.79. The van der Waals surface area contributed by atoms with E-state index in [9.17, 15) is 0 Å². The zero-order valence-electron chi connectivity index (χ0n) is 9.89. The van der Waals surface area contributed by atoms with Crippen molar-refractivity contribution in [3.05, 3.63) is 65.8 Å². The Bertz CT molecular complexity index is 803. The fourth-order valence-corrected chi connectivity index (χ4v) is 3.73. The van der Waals surface area contributed by atoms with E-state index in [1.54, 1.807) is 0 Å². The Morgan fingerprint density at radius 2 is 1.83 bits per heavy atom. The van der Waals surface area contributed by atoms with Crippen LogP contribution >= 0.6 is 11.3 Å². The number of hydrogen-bond acceptors (Lipinski definition) is 1. The molecule has 0 spiro atoms. The molecule has 86 valence electrons. The van der Waals surface area contributed by atoms with Crippen molar-refractivity contribution in [3.8, 4) is 0 Å². The molecule has 0 atom stereocenters. The Kier molecular flexibility index (Phi) is 2.14. The second-order valence-corrected chi connectivity index (χ2v) is 5.72. The van der Waals surface area contributed by atoms with Crippen LogP contribution in [0.25, 0.3) is 26.2 Å². The fourth-order valence-electron chi connectivity index (χ4n) is 2.60. The van der Waals surface area contributed by atoms with Crippen molar-refractivity contribution >= 4 is 37.6 Å². The lowest BCUT2D eigenvalue weighted by Crippen LogP contribution is -1.85. The minimum atomic E-state index is 1.03. The Balaban J connectivity index is 2.12. The summed E-state index contributed by atoms with van der Waals surface area (Å²) in [4.78, 5) is 0. The van der Waals surface area contributed by atoms with Crippen molar-refractivity contribution in [1.29, 1.82) is 0 Å². The van der Waals surface area contributed by atoms with Crippen LogP contribution in [-0.2, 0) is 6.42 Å². The SMILES string of the molecule is C1=CCc2cc3c(cc2C=C1)sc1ccccc13. The predicted octanol–water partition coefficient (Wildman–Crippen LogP) is 5.18. The molecule has 1 aliphatic rings. The maximum atomic E-state index is 2.36. The quantitative estimate of drug-likeness (QED) is 0.514. The van der Waals surface area contributed by atoms with E-state index in [1.165, 1.54) is 31.3 Å². The number of fused-ring (bicyclic) bond motifs is 4. The number of hydrogen-bond donors (Lipinski definition) is 0. The second-order valence-electron chi connectivity index (χ2n) is 4.64.